The quantitative estimate of drug-likeness (QED) is 0.865. The van der Waals surface area contributed by atoms with Crippen LogP contribution in [0.25, 0.3) is 0 Å². The number of rotatable bonds is 5. The van der Waals surface area contributed by atoms with Crippen molar-refractivity contribution in [1.29, 1.82) is 0 Å². The maximum absolute atomic E-state index is 12.3. The third-order valence-corrected chi connectivity index (χ3v) is 2.80. The highest BCUT2D eigenvalue weighted by Gasteiger charge is 2.25. The minimum atomic E-state index is -0.104. The normalized spacial score (nSPS) is 13.7. The second-order valence-electron chi connectivity index (χ2n) is 6.19. The molecule has 0 radical (unpaired) electrons. The molecular weight excluding hydrogens is 222 g/mol. The molecule has 0 aliphatic heterocycles. The van der Waals surface area contributed by atoms with Gasteiger partial charge in [-0.05, 0) is 32.8 Å². The summed E-state index contributed by atoms with van der Waals surface area (Å²) in [6.45, 7) is 10.2. The van der Waals surface area contributed by atoms with Crippen LogP contribution in [-0.4, -0.2) is 17.4 Å². The molecule has 0 aliphatic carbocycles. The summed E-state index contributed by atoms with van der Waals surface area (Å²) in [4.78, 5) is 12.3. The lowest BCUT2D eigenvalue weighted by Crippen LogP contribution is -2.50. The summed E-state index contributed by atoms with van der Waals surface area (Å²) >= 11 is 0. The second-order valence-corrected chi connectivity index (χ2v) is 6.19. The topological polar surface area (TPSA) is 29.1 Å². The number of nitrogens with one attached hydrogen (secondary N) is 1. The van der Waals surface area contributed by atoms with Crippen LogP contribution in [0.1, 0.15) is 40.2 Å². The molecule has 0 aromatic heterocycles. The zero-order chi connectivity index (χ0) is 13.8. The van der Waals surface area contributed by atoms with Crippen LogP contribution in [0.15, 0.2) is 30.3 Å². The molecule has 1 N–H and O–H groups in total. The monoisotopic (exact) mass is 247 g/mol. The summed E-state index contributed by atoms with van der Waals surface area (Å²) in [5.41, 5.74) is 1.15. The van der Waals surface area contributed by atoms with Crippen LogP contribution in [0.5, 0.6) is 0 Å². The molecule has 0 aliphatic rings. The van der Waals surface area contributed by atoms with E-state index in [2.05, 4.69) is 38.2 Å². The highest BCUT2D eigenvalue weighted by Crippen LogP contribution is 2.12. The summed E-state index contributed by atoms with van der Waals surface area (Å²) in [5, 5.41) is 3.44. The summed E-state index contributed by atoms with van der Waals surface area (Å²) in [7, 11) is 0. The number of benzene rings is 1. The molecule has 0 bridgehead atoms. The molecule has 0 heterocycles. The van der Waals surface area contributed by atoms with E-state index in [4.69, 9.17) is 0 Å². The Morgan fingerprint density at radius 2 is 1.72 bits per heavy atom. The van der Waals surface area contributed by atoms with Crippen molar-refractivity contribution in [2.75, 3.05) is 0 Å². The van der Waals surface area contributed by atoms with Crippen molar-refractivity contribution >= 4 is 5.78 Å². The van der Waals surface area contributed by atoms with E-state index >= 15 is 0 Å². The zero-order valence-corrected chi connectivity index (χ0v) is 12.2. The molecule has 2 heteroatoms. The first-order valence-electron chi connectivity index (χ1n) is 6.65. The van der Waals surface area contributed by atoms with E-state index in [1.54, 1.807) is 0 Å². The lowest BCUT2D eigenvalue weighted by molar-refractivity contribution is -0.124. The van der Waals surface area contributed by atoms with Crippen molar-refractivity contribution in [1.82, 2.24) is 5.32 Å². The van der Waals surface area contributed by atoms with Crippen molar-refractivity contribution in [2.45, 2.75) is 52.6 Å². The SMILES string of the molecule is CC(C)C(=O)[C@H](Cc1ccccc1)NC(C)(C)C. The van der Waals surface area contributed by atoms with Crippen LogP contribution in [-0.2, 0) is 11.2 Å². The Balaban J connectivity index is 2.81. The standard InChI is InChI=1S/C16H25NO/c1-12(2)15(18)14(17-16(3,4)5)11-13-9-7-6-8-10-13/h6-10,12,14,17H,11H2,1-5H3/t14-/m0/s1. The number of hydrogen-bond acceptors (Lipinski definition) is 2. The Bertz CT molecular complexity index is 376. The van der Waals surface area contributed by atoms with Gasteiger partial charge in [-0.25, -0.2) is 0 Å². The smallest absolute Gasteiger partial charge is 0.152 e. The van der Waals surface area contributed by atoms with Gasteiger partial charge in [-0.3, -0.25) is 4.79 Å². The molecule has 100 valence electrons. The van der Waals surface area contributed by atoms with Crippen LogP contribution in [0.3, 0.4) is 0 Å². The van der Waals surface area contributed by atoms with E-state index in [1.165, 1.54) is 5.56 Å². The molecule has 18 heavy (non-hydrogen) atoms. The van der Waals surface area contributed by atoms with Gasteiger partial charge in [-0.1, -0.05) is 44.2 Å². The minimum Gasteiger partial charge on any atom is -0.302 e. The Morgan fingerprint density at radius 3 is 2.17 bits per heavy atom. The van der Waals surface area contributed by atoms with Crippen LogP contribution < -0.4 is 5.32 Å². The first-order valence-corrected chi connectivity index (χ1v) is 6.65. The summed E-state index contributed by atoms with van der Waals surface area (Å²) in [6, 6.07) is 10.1. The van der Waals surface area contributed by atoms with E-state index in [-0.39, 0.29) is 23.3 Å². The molecule has 0 unspecified atom stereocenters. The fraction of sp³-hybridized carbons (Fsp3) is 0.562. The Kier molecular flexibility index (Phi) is 5.09. The van der Waals surface area contributed by atoms with Gasteiger partial charge in [0.15, 0.2) is 5.78 Å². The number of hydrogen-bond donors (Lipinski definition) is 1. The first-order chi connectivity index (χ1) is 8.29. The minimum absolute atomic E-state index is 0.0516. The third kappa shape index (κ3) is 5.01. The lowest BCUT2D eigenvalue weighted by atomic mass is 9.93. The predicted molar refractivity (Wildman–Crippen MR) is 76.7 cm³/mol. The highest BCUT2D eigenvalue weighted by molar-refractivity contribution is 5.86. The lowest BCUT2D eigenvalue weighted by Gasteiger charge is -2.29. The van der Waals surface area contributed by atoms with Gasteiger partial charge in [-0.2, -0.15) is 0 Å². The van der Waals surface area contributed by atoms with E-state index in [1.807, 2.05) is 32.0 Å². The summed E-state index contributed by atoms with van der Waals surface area (Å²) in [5.74, 6) is 0.349. The van der Waals surface area contributed by atoms with E-state index in [0.29, 0.717) is 0 Å². The van der Waals surface area contributed by atoms with Gasteiger partial charge in [0.25, 0.3) is 0 Å². The van der Waals surface area contributed by atoms with E-state index in [9.17, 15) is 4.79 Å². The van der Waals surface area contributed by atoms with Gasteiger partial charge >= 0.3 is 0 Å². The van der Waals surface area contributed by atoms with E-state index in [0.717, 1.165) is 6.42 Å². The Morgan fingerprint density at radius 1 is 1.17 bits per heavy atom. The molecule has 0 saturated carbocycles. The van der Waals surface area contributed by atoms with Gasteiger partial charge in [0.05, 0.1) is 6.04 Å². The van der Waals surface area contributed by atoms with Crippen LogP contribution in [0.2, 0.25) is 0 Å². The molecule has 1 atom stereocenters. The Labute approximate surface area is 111 Å². The molecule has 0 amide bonds. The number of Topliss-reactive ketones (excluding diaryl/α,β-unsaturated/α-hetero) is 1. The van der Waals surface area contributed by atoms with Gasteiger partial charge in [0.1, 0.15) is 0 Å². The van der Waals surface area contributed by atoms with Crippen molar-refractivity contribution in [3.63, 3.8) is 0 Å². The molecule has 0 spiro atoms. The van der Waals surface area contributed by atoms with Gasteiger partial charge in [0.2, 0.25) is 0 Å². The molecule has 2 nitrogen and oxygen atoms in total. The van der Waals surface area contributed by atoms with E-state index < -0.39 is 0 Å². The third-order valence-electron chi connectivity index (χ3n) is 2.80. The highest BCUT2D eigenvalue weighted by atomic mass is 16.1. The molecule has 0 saturated heterocycles. The molecule has 1 aromatic carbocycles. The Hall–Kier alpha value is -1.15. The molecule has 0 fully saturated rings. The van der Waals surface area contributed by atoms with Gasteiger partial charge < -0.3 is 5.32 Å². The first kappa shape index (κ1) is 14.9. The predicted octanol–water partition coefficient (Wildman–Crippen LogP) is 3.21. The summed E-state index contributed by atoms with van der Waals surface area (Å²) in [6.07, 6.45) is 0.759. The number of carbonyl (C=O) groups is 1. The fourth-order valence-electron chi connectivity index (χ4n) is 2.00. The van der Waals surface area contributed by atoms with Crippen LogP contribution >= 0.6 is 0 Å². The zero-order valence-electron chi connectivity index (χ0n) is 12.2. The number of carbonyl (C=O) groups excluding carboxylic acids is 1. The average molecular weight is 247 g/mol. The van der Waals surface area contributed by atoms with Crippen molar-refractivity contribution in [3.8, 4) is 0 Å². The largest absolute Gasteiger partial charge is 0.302 e. The average Bonchev–Trinajstić information content (AvgIpc) is 2.26. The molecule has 1 rings (SSSR count). The maximum Gasteiger partial charge on any atom is 0.152 e. The van der Waals surface area contributed by atoms with Crippen molar-refractivity contribution in [2.24, 2.45) is 5.92 Å². The maximum atomic E-state index is 12.3. The van der Waals surface area contributed by atoms with Crippen molar-refractivity contribution in [3.05, 3.63) is 35.9 Å². The van der Waals surface area contributed by atoms with Crippen LogP contribution in [0, 0.1) is 5.92 Å². The van der Waals surface area contributed by atoms with Gasteiger partial charge in [0, 0.05) is 11.5 Å². The van der Waals surface area contributed by atoms with Crippen LogP contribution in [0.4, 0.5) is 0 Å². The number of ketones is 1. The fourth-order valence-corrected chi connectivity index (χ4v) is 2.00. The second kappa shape index (κ2) is 6.14. The summed E-state index contributed by atoms with van der Waals surface area (Å²) < 4.78 is 0. The molecule has 1 aromatic rings. The van der Waals surface area contributed by atoms with Gasteiger partial charge in [-0.15, -0.1) is 0 Å². The van der Waals surface area contributed by atoms with Crippen molar-refractivity contribution < 1.29 is 4.79 Å². The molecular formula is C16H25NO.